The Bertz CT molecular complexity index is 812. The van der Waals surface area contributed by atoms with Crippen molar-refractivity contribution < 1.29 is 9.53 Å². The van der Waals surface area contributed by atoms with E-state index in [4.69, 9.17) is 10.5 Å². The fraction of sp³-hybridized carbons (Fsp3) is 0.0714. The van der Waals surface area contributed by atoms with Crippen molar-refractivity contribution in [2.45, 2.75) is 0 Å². The molecule has 7 heteroatoms. The molecule has 0 bridgehead atoms. The maximum atomic E-state index is 11.8. The topological polar surface area (TPSA) is 95.1 Å². The normalized spacial score (nSPS) is 10.5. The quantitative estimate of drug-likeness (QED) is 0.750. The lowest BCUT2D eigenvalue weighted by Gasteiger charge is -2.07. The van der Waals surface area contributed by atoms with Crippen molar-refractivity contribution in [2.24, 2.45) is 0 Å². The zero-order chi connectivity index (χ0) is 14.8. The molecule has 0 fully saturated rings. The number of carbonyl (C=O) groups excluding carboxylic acids is 1. The third kappa shape index (κ3) is 2.36. The Kier molecular flexibility index (Phi) is 3.15. The molecule has 0 saturated carbocycles. The Morgan fingerprint density at radius 3 is 2.95 bits per heavy atom. The second-order valence-corrected chi connectivity index (χ2v) is 4.31. The van der Waals surface area contributed by atoms with E-state index in [1.807, 2.05) is 18.2 Å². The van der Waals surface area contributed by atoms with Crippen molar-refractivity contribution in [3.8, 4) is 11.6 Å². The molecule has 1 amide bonds. The molecule has 0 spiro atoms. The summed E-state index contributed by atoms with van der Waals surface area (Å²) in [5.74, 6) is 1.27. The zero-order valence-corrected chi connectivity index (χ0v) is 11.3. The largest absolute Gasteiger partial charge is 0.438 e. The van der Waals surface area contributed by atoms with Crippen LogP contribution >= 0.6 is 0 Å². The molecule has 0 aliphatic carbocycles. The number of nitrogen functional groups attached to an aromatic ring is 1. The second kappa shape index (κ2) is 5.12. The number of nitrogens with one attached hydrogen (secondary N) is 1. The van der Waals surface area contributed by atoms with Gasteiger partial charge in [-0.25, -0.2) is 14.8 Å². The van der Waals surface area contributed by atoms with Crippen molar-refractivity contribution in [3.63, 3.8) is 0 Å². The average molecular weight is 283 g/mol. The number of hydrogen-bond donors (Lipinski definition) is 2. The number of carbonyl (C=O) groups is 1. The fourth-order valence-corrected chi connectivity index (χ4v) is 2.05. The van der Waals surface area contributed by atoms with E-state index in [2.05, 4.69) is 15.3 Å². The Hall–Kier alpha value is -3.09. The number of nitrogens with zero attached hydrogens (tertiary/aromatic N) is 3. The van der Waals surface area contributed by atoms with Gasteiger partial charge in [-0.15, -0.1) is 0 Å². The molecule has 0 unspecified atom stereocenters. The average Bonchev–Trinajstić information content (AvgIpc) is 2.91. The molecular weight excluding hydrogens is 270 g/mol. The highest BCUT2D eigenvalue weighted by atomic mass is 16.5. The first-order chi connectivity index (χ1) is 10.2. The Balaban J connectivity index is 2.04. The first-order valence-electron chi connectivity index (χ1n) is 6.26. The highest BCUT2D eigenvalue weighted by Crippen LogP contribution is 2.30. The van der Waals surface area contributed by atoms with Gasteiger partial charge in [-0.3, -0.25) is 4.57 Å². The minimum absolute atomic E-state index is 0.214. The molecular formula is C14H13N5O2. The number of rotatable bonds is 2. The summed E-state index contributed by atoms with van der Waals surface area (Å²) in [6.07, 6.45) is 3.02. The van der Waals surface area contributed by atoms with Crippen LogP contribution in [-0.4, -0.2) is 27.6 Å². The predicted octanol–water partition coefficient (Wildman–Crippen LogP) is 1.99. The van der Waals surface area contributed by atoms with Crippen molar-refractivity contribution in [1.82, 2.24) is 19.9 Å². The third-order valence-electron chi connectivity index (χ3n) is 3.00. The molecule has 2 aromatic heterocycles. The van der Waals surface area contributed by atoms with Crippen LogP contribution in [0.2, 0.25) is 0 Å². The van der Waals surface area contributed by atoms with E-state index in [0.29, 0.717) is 17.4 Å². The number of aromatic nitrogens is 3. The van der Waals surface area contributed by atoms with Crippen LogP contribution in [0.15, 0.2) is 42.9 Å². The van der Waals surface area contributed by atoms with Gasteiger partial charge in [-0.2, -0.15) is 0 Å². The Morgan fingerprint density at radius 2 is 2.19 bits per heavy atom. The number of benzene rings is 1. The van der Waals surface area contributed by atoms with Gasteiger partial charge in [0.05, 0.1) is 5.52 Å². The van der Waals surface area contributed by atoms with Crippen LogP contribution in [0, 0.1) is 0 Å². The molecule has 21 heavy (non-hydrogen) atoms. The van der Waals surface area contributed by atoms with Crippen LogP contribution in [0.4, 0.5) is 10.6 Å². The number of fused-ring (bicyclic) bond motifs is 1. The minimum atomic E-state index is -0.214. The lowest BCUT2D eigenvalue weighted by molar-refractivity contribution is 0.245. The zero-order valence-electron chi connectivity index (χ0n) is 11.3. The minimum Gasteiger partial charge on any atom is -0.438 e. The van der Waals surface area contributed by atoms with Crippen molar-refractivity contribution in [1.29, 1.82) is 0 Å². The van der Waals surface area contributed by atoms with Crippen molar-refractivity contribution >= 4 is 22.8 Å². The van der Waals surface area contributed by atoms with Gasteiger partial charge in [0.25, 0.3) is 0 Å². The molecule has 0 saturated heterocycles. The molecule has 3 N–H and O–H groups in total. The van der Waals surface area contributed by atoms with Crippen LogP contribution in [0.5, 0.6) is 11.6 Å². The molecule has 3 aromatic rings. The Morgan fingerprint density at radius 1 is 1.33 bits per heavy atom. The van der Waals surface area contributed by atoms with Crippen molar-refractivity contribution in [2.75, 3.05) is 12.8 Å². The van der Waals surface area contributed by atoms with E-state index in [1.165, 1.54) is 17.0 Å². The third-order valence-corrected chi connectivity index (χ3v) is 3.00. The number of amides is 1. The number of anilines is 1. The van der Waals surface area contributed by atoms with Crippen LogP contribution < -0.4 is 15.8 Å². The Labute approximate surface area is 120 Å². The summed E-state index contributed by atoms with van der Waals surface area (Å²) < 4.78 is 7.23. The fourth-order valence-electron chi connectivity index (χ4n) is 2.05. The standard InChI is InChI=1S/C14H13N5O2/c1-16-14(20)19-6-5-9-10(19)3-2-4-11(9)21-13-7-12(15)17-8-18-13/h2-8H,1H3,(H,16,20)(H2,15,17,18). The van der Waals surface area contributed by atoms with Crippen LogP contribution in [0.3, 0.4) is 0 Å². The van der Waals surface area contributed by atoms with Crippen LogP contribution in [0.1, 0.15) is 0 Å². The van der Waals surface area contributed by atoms with Gasteiger partial charge in [0.1, 0.15) is 17.9 Å². The molecule has 7 nitrogen and oxygen atoms in total. The van der Waals surface area contributed by atoms with Gasteiger partial charge in [-0.1, -0.05) is 6.07 Å². The summed E-state index contributed by atoms with van der Waals surface area (Å²) in [6, 6.07) is 8.58. The van der Waals surface area contributed by atoms with E-state index in [9.17, 15) is 4.79 Å². The number of hydrogen-bond acceptors (Lipinski definition) is 5. The smallest absolute Gasteiger partial charge is 0.325 e. The molecule has 106 valence electrons. The summed E-state index contributed by atoms with van der Waals surface area (Å²) in [5.41, 5.74) is 6.34. The summed E-state index contributed by atoms with van der Waals surface area (Å²) >= 11 is 0. The molecule has 0 aliphatic heterocycles. The highest BCUT2D eigenvalue weighted by Gasteiger charge is 2.11. The summed E-state index contributed by atoms with van der Waals surface area (Å²) in [5, 5.41) is 3.39. The maximum Gasteiger partial charge on any atom is 0.325 e. The molecule has 1 aromatic carbocycles. The van der Waals surface area contributed by atoms with E-state index in [-0.39, 0.29) is 6.03 Å². The monoisotopic (exact) mass is 283 g/mol. The first-order valence-corrected chi connectivity index (χ1v) is 6.26. The van der Waals surface area contributed by atoms with E-state index < -0.39 is 0 Å². The number of nitrogens with two attached hydrogens (primary N) is 1. The van der Waals surface area contributed by atoms with E-state index >= 15 is 0 Å². The van der Waals surface area contributed by atoms with Gasteiger partial charge >= 0.3 is 6.03 Å². The maximum absolute atomic E-state index is 11.8. The second-order valence-electron chi connectivity index (χ2n) is 4.31. The predicted molar refractivity (Wildman–Crippen MR) is 78.3 cm³/mol. The highest BCUT2D eigenvalue weighted by molar-refractivity contribution is 5.94. The van der Waals surface area contributed by atoms with Crippen LogP contribution in [0.25, 0.3) is 10.9 Å². The molecule has 0 aliphatic rings. The molecule has 0 atom stereocenters. The van der Waals surface area contributed by atoms with E-state index in [1.54, 1.807) is 19.3 Å². The molecule has 3 rings (SSSR count). The van der Waals surface area contributed by atoms with Gasteiger partial charge in [0, 0.05) is 24.7 Å². The van der Waals surface area contributed by atoms with Gasteiger partial charge < -0.3 is 15.8 Å². The summed E-state index contributed by atoms with van der Waals surface area (Å²) in [7, 11) is 1.58. The van der Waals surface area contributed by atoms with Gasteiger partial charge in [-0.05, 0) is 18.2 Å². The van der Waals surface area contributed by atoms with Crippen LogP contribution in [-0.2, 0) is 0 Å². The molecule has 2 heterocycles. The molecule has 0 radical (unpaired) electrons. The van der Waals surface area contributed by atoms with Crippen molar-refractivity contribution in [3.05, 3.63) is 42.9 Å². The SMILES string of the molecule is CNC(=O)n1ccc2c(Oc3cc(N)ncn3)cccc21. The first kappa shape index (κ1) is 12.9. The van der Waals surface area contributed by atoms with Gasteiger partial charge in [0.2, 0.25) is 5.88 Å². The lowest BCUT2D eigenvalue weighted by Crippen LogP contribution is -2.23. The summed E-state index contributed by atoms with van der Waals surface area (Å²) in [6.45, 7) is 0. The van der Waals surface area contributed by atoms with E-state index in [0.717, 1.165) is 10.9 Å². The number of ether oxygens (including phenoxy) is 1. The van der Waals surface area contributed by atoms with Gasteiger partial charge in [0.15, 0.2) is 0 Å². The summed E-state index contributed by atoms with van der Waals surface area (Å²) in [4.78, 5) is 19.6. The lowest BCUT2D eigenvalue weighted by atomic mass is 10.2.